The molecule has 1 aliphatic heterocycles. The zero-order valence-corrected chi connectivity index (χ0v) is 13.2. The van der Waals surface area contributed by atoms with Gasteiger partial charge in [-0.05, 0) is 37.1 Å². The van der Waals surface area contributed by atoms with Gasteiger partial charge in [-0.15, -0.1) is 0 Å². The van der Waals surface area contributed by atoms with Crippen LogP contribution in [0.25, 0.3) is 0 Å². The zero-order chi connectivity index (χ0) is 13.8. The van der Waals surface area contributed by atoms with Crippen LogP contribution in [-0.4, -0.2) is 42.9 Å². The molecule has 1 aromatic rings. The molecule has 1 atom stereocenters. The van der Waals surface area contributed by atoms with E-state index in [-0.39, 0.29) is 11.8 Å². The maximum Gasteiger partial charge on any atom is 0.226 e. The predicted molar refractivity (Wildman–Crippen MR) is 80.8 cm³/mol. The molecule has 0 saturated carbocycles. The molecule has 3 nitrogen and oxygen atoms in total. The lowest BCUT2D eigenvalue weighted by atomic mass is 9.96. The SMILES string of the molecule is CN(C)C(=O)C1CCCN(Cc2cccc(Br)c2)C1. The molecule has 104 valence electrons. The fraction of sp³-hybridized carbons (Fsp3) is 0.533. The molecule has 0 bridgehead atoms. The lowest BCUT2D eigenvalue weighted by molar-refractivity contribution is -0.134. The van der Waals surface area contributed by atoms with Crippen molar-refractivity contribution in [3.8, 4) is 0 Å². The Hall–Kier alpha value is -0.870. The number of halogens is 1. The van der Waals surface area contributed by atoms with Crippen LogP contribution in [0.15, 0.2) is 28.7 Å². The van der Waals surface area contributed by atoms with Crippen LogP contribution < -0.4 is 0 Å². The van der Waals surface area contributed by atoms with Crippen LogP contribution in [-0.2, 0) is 11.3 Å². The Kier molecular flexibility index (Phi) is 4.99. The molecule has 1 amide bonds. The molecule has 1 heterocycles. The van der Waals surface area contributed by atoms with E-state index in [2.05, 4.69) is 39.0 Å². The van der Waals surface area contributed by atoms with E-state index in [4.69, 9.17) is 0 Å². The number of hydrogen-bond donors (Lipinski definition) is 0. The average Bonchev–Trinajstić information content (AvgIpc) is 2.38. The van der Waals surface area contributed by atoms with E-state index in [1.807, 2.05) is 20.2 Å². The maximum atomic E-state index is 12.0. The Morgan fingerprint density at radius 2 is 2.26 bits per heavy atom. The molecule has 4 heteroatoms. The first kappa shape index (κ1) is 14.5. The van der Waals surface area contributed by atoms with Crippen molar-refractivity contribution in [2.45, 2.75) is 19.4 Å². The van der Waals surface area contributed by atoms with Crippen molar-refractivity contribution in [1.82, 2.24) is 9.80 Å². The Morgan fingerprint density at radius 3 is 2.95 bits per heavy atom. The third-order valence-electron chi connectivity index (χ3n) is 3.59. The van der Waals surface area contributed by atoms with Crippen LogP contribution in [0.2, 0.25) is 0 Å². The molecule has 0 radical (unpaired) electrons. The minimum atomic E-state index is 0.163. The van der Waals surface area contributed by atoms with Gasteiger partial charge in [-0.25, -0.2) is 0 Å². The number of carbonyl (C=O) groups excluding carboxylic acids is 1. The number of nitrogens with zero attached hydrogens (tertiary/aromatic N) is 2. The fourth-order valence-electron chi connectivity index (χ4n) is 2.66. The molecule has 19 heavy (non-hydrogen) atoms. The van der Waals surface area contributed by atoms with Gasteiger partial charge in [-0.3, -0.25) is 9.69 Å². The molecule has 0 N–H and O–H groups in total. The molecule has 1 aromatic carbocycles. The minimum Gasteiger partial charge on any atom is -0.349 e. The van der Waals surface area contributed by atoms with Crippen molar-refractivity contribution in [3.63, 3.8) is 0 Å². The summed E-state index contributed by atoms with van der Waals surface area (Å²) in [6.07, 6.45) is 2.13. The first-order valence-corrected chi connectivity index (χ1v) is 7.53. The third-order valence-corrected chi connectivity index (χ3v) is 4.08. The molecular formula is C15H21BrN2O. The summed E-state index contributed by atoms with van der Waals surface area (Å²) in [7, 11) is 3.69. The maximum absolute atomic E-state index is 12.0. The molecule has 0 aromatic heterocycles. The highest BCUT2D eigenvalue weighted by molar-refractivity contribution is 9.10. The number of amides is 1. The molecule has 2 rings (SSSR count). The van der Waals surface area contributed by atoms with Crippen LogP contribution in [0.4, 0.5) is 0 Å². The first-order valence-electron chi connectivity index (χ1n) is 6.74. The average molecular weight is 325 g/mol. The fourth-order valence-corrected chi connectivity index (χ4v) is 3.11. The van der Waals surface area contributed by atoms with Gasteiger partial charge in [0.05, 0.1) is 5.92 Å². The van der Waals surface area contributed by atoms with Crippen molar-refractivity contribution in [3.05, 3.63) is 34.3 Å². The van der Waals surface area contributed by atoms with Gasteiger partial charge < -0.3 is 4.90 Å². The Labute approximate surface area is 123 Å². The highest BCUT2D eigenvalue weighted by Crippen LogP contribution is 2.21. The second-order valence-electron chi connectivity index (χ2n) is 5.44. The molecule has 0 aliphatic carbocycles. The van der Waals surface area contributed by atoms with Gasteiger partial charge in [0.25, 0.3) is 0 Å². The summed E-state index contributed by atoms with van der Waals surface area (Å²) in [4.78, 5) is 16.1. The number of piperidine rings is 1. The zero-order valence-electron chi connectivity index (χ0n) is 11.6. The van der Waals surface area contributed by atoms with E-state index >= 15 is 0 Å². The van der Waals surface area contributed by atoms with E-state index in [1.165, 1.54) is 5.56 Å². The number of benzene rings is 1. The summed E-state index contributed by atoms with van der Waals surface area (Å²) in [6.45, 7) is 2.89. The molecular weight excluding hydrogens is 304 g/mol. The number of rotatable bonds is 3. The van der Waals surface area contributed by atoms with E-state index in [0.717, 1.165) is 36.9 Å². The molecule has 0 spiro atoms. The summed E-state index contributed by atoms with van der Waals surface area (Å²) >= 11 is 3.50. The van der Waals surface area contributed by atoms with Gasteiger partial charge in [0.1, 0.15) is 0 Å². The van der Waals surface area contributed by atoms with Crippen molar-refractivity contribution in [2.24, 2.45) is 5.92 Å². The molecule has 1 fully saturated rings. The van der Waals surface area contributed by atoms with Crippen LogP contribution in [0.5, 0.6) is 0 Å². The smallest absolute Gasteiger partial charge is 0.226 e. The van der Waals surface area contributed by atoms with Crippen molar-refractivity contribution < 1.29 is 4.79 Å². The number of likely N-dealkylation sites (tertiary alicyclic amines) is 1. The Morgan fingerprint density at radius 1 is 1.47 bits per heavy atom. The Bertz CT molecular complexity index is 448. The molecule has 1 saturated heterocycles. The molecule has 1 unspecified atom stereocenters. The number of carbonyl (C=O) groups is 1. The van der Waals surface area contributed by atoms with Gasteiger partial charge in [0.2, 0.25) is 5.91 Å². The van der Waals surface area contributed by atoms with Crippen molar-refractivity contribution >= 4 is 21.8 Å². The quantitative estimate of drug-likeness (QED) is 0.853. The summed E-state index contributed by atoms with van der Waals surface area (Å²) in [6, 6.07) is 8.39. The molecule has 1 aliphatic rings. The highest BCUT2D eigenvalue weighted by atomic mass is 79.9. The lowest BCUT2D eigenvalue weighted by Crippen LogP contribution is -2.42. The topological polar surface area (TPSA) is 23.6 Å². The highest BCUT2D eigenvalue weighted by Gasteiger charge is 2.26. The van der Waals surface area contributed by atoms with Crippen LogP contribution in [0, 0.1) is 5.92 Å². The van der Waals surface area contributed by atoms with Gasteiger partial charge >= 0.3 is 0 Å². The van der Waals surface area contributed by atoms with Crippen LogP contribution in [0.3, 0.4) is 0 Å². The van der Waals surface area contributed by atoms with Gasteiger partial charge in [-0.2, -0.15) is 0 Å². The summed E-state index contributed by atoms with van der Waals surface area (Å²) in [5, 5.41) is 0. The second-order valence-corrected chi connectivity index (χ2v) is 6.35. The van der Waals surface area contributed by atoms with Crippen LogP contribution in [0.1, 0.15) is 18.4 Å². The monoisotopic (exact) mass is 324 g/mol. The minimum absolute atomic E-state index is 0.163. The van der Waals surface area contributed by atoms with Gasteiger partial charge in [-0.1, -0.05) is 28.1 Å². The van der Waals surface area contributed by atoms with E-state index in [1.54, 1.807) is 4.90 Å². The van der Waals surface area contributed by atoms with Gasteiger partial charge in [0.15, 0.2) is 0 Å². The summed E-state index contributed by atoms with van der Waals surface area (Å²) in [5.74, 6) is 0.426. The van der Waals surface area contributed by atoms with E-state index in [0.29, 0.717) is 0 Å². The number of hydrogen-bond acceptors (Lipinski definition) is 2. The largest absolute Gasteiger partial charge is 0.349 e. The lowest BCUT2D eigenvalue weighted by Gasteiger charge is -2.33. The normalized spacial score (nSPS) is 20.3. The van der Waals surface area contributed by atoms with Gasteiger partial charge in [0, 0.05) is 31.7 Å². The summed E-state index contributed by atoms with van der Waals surface area (Å²) < 4.78 is 1.11. The van der Waals surface area contributed by atoms with Crippen molar-refractivity contribution in [2.75, 3.05) is 27.2 Å². The van der Waals surface area contributed by atoms with Crippen molar-refractivity contribution in [1.29, 1.82) is 0 Å². The van der Waals surface area contributed by atoms with E-state index in [9.17, 15) is 4.79 Å². The Balaban J connectivity index is 1.96. The first-order chi connectivity index (χ1) is 9.06. The third kappa shape index (κ3) is 4.05. The second kappa shape index (κ2) is 6.53. The van der Waals surface area contributed by atoms with E-state index < -0.39 is 0 Å². The standard InChI is InChI=1S/C15H21BrN2O/c1-17(2)15(19)13-6-4-8-18(11-13)10-12-5-3-7-14(16)9-12/h3,5,7,9,13H,4,6,8,10-11H2,1-2H3. The predicted octanol–water partition coefficient (Wildman–Crippen LogP) is 2.75. The summed E-state index contributed by atoms with van der Waals surface area (Å²) in [5.41, 5.74) is 1.30. The van der Waals surface area contributed by atoms with Crippen LogP contribution >= 0.6 is 15.9 Å².